The van der Waals surface area contributed by atoms with Crippen LogP contribution in [-0.4, -0.2) is 48.6 Å². The molecule has 9 heteroatoms. The second-order valence-corrected chi connectivity index (χ2v) is 10.8. The number of aryl methyl sites for hydroxylation is 1. The van der Waals surface area contributed by atoms with Gasteiger partial charge in [-0.05, 0) is 80.8 Å². The first kappa shape index (κ1) is 29.9. The molecule has 1 unspecified atom stereocenters. The lowest BCUT2D eigenvalue weighted by molar-refractivity contribution is -0.145. The fourth-order valence-electron chi connectivity index (χ4n) is 5.01. The molecule has 9 nitrogen and oxygen atoms in total. The molecule has 5 aromatic rings. The van der Waals surface area contributed by atoms with Crippen molar-refractivity contribution < 1.29 is 19.8 Å². The largest absolute Gasteiger partial charge is 0.481 e. The number of anilines is 1. The summed E-state index contributed by atoms with van der Waals surface area (Å²) in [6.45, 7) is 6.50. The highest BCUT2D eigenvalue weighted by Gasteiger charge is 2.34. The van der Waals surface area contributed by atoms with Crippen LogP contribution >= 0.6 is 0 Å². The summed E-state index contributed by atoms with van der Waals surface area (Å²) in [6, 6.07) is 20.8. The molecule has 6 rings (SSSR count). The number of hydrogen-bond donors (Lipinski definition) is 4. The van der Waals surface area contributed by atoms with E-state index in [0.717, 1.165) is 62.6 Å². The second-order valence-electron chi connectivity index (χ2n) is 10.8. The molecule has 0 amide bonds. The fourth-order valence-corrected chi connectivity index (χ4v) is 5.01. The molecule has 4 heterocycles. The van der Waals surface area contributed by atoms with E-state index in [0.29, 0.717) is 0 Å². The number of fused-ring (bicyclic) bond motifs is 1. The molecular formula is C35H33N5O4. The predicted molar refractivity (Wildman–Crippen MR) is 172 cm³/mol. The maximum absolute atomic E-state index is 10.8. The summed E-state index contributed by atoms with van der Waals surface area (Å²) in [4.78, 5) is 38.6. The Bertz CT molecular complexity index is 1890. The number of aromatic nitrogens is 4. The van der Waals surface area contributed by atoms with E-state index in [2.05, 4.69) is 69.7 Å². The Kier molecular flexibility index (Phi) is 8.66. The number of carboxylic acids is 2. The number of aliphatic carboxylic acids is 2. The van der Waals surface area contributed by atoms with Crippen LogP contribution in [0.15, 0.2) is 103 Å². The van der Waals surface area contributed by atoms with Crippen molar-refractivity contribution >= 4 is 28.7 Å². The lowest BCUT2D eigenvalue weighted by Crippen LogP contribution is -2.28. The maximum Gasteiger partial charge on any atom is 0.331 e. The minimum absolute atomic E-state index is 0.0359. The summed E-state index contributed by atoms with van der Waals surface area (Å²) >= 11 is 0. The van der Waals surface area contributed by atoms with Gasteiger partial charge in [-0.2, -0.15) is 0 Å². The van der Waals surface area contributed by atoms with Crippen LogP contribution in [0.5, 0.6) is 0 Å². The van der Waals surface area contributed by atoms with Crippen molar-refractivity contribution in [2.75, 3.05) is 11.9 Å². The van der Waals surface area contributed by atoms with Crippen LogP contribution in [0.4, 0.5) is 5.69 Å². The van der Waals surface area contributed by atoms with Gasteiger partial charge in [0, 0.05) is 58.6 Å². The predicted octanol–water partition coefficient (Wildman–Crippen LogP) is 7.14. The Morgan fingerprint density at radius 1 is 0.955 bits per heavy atom. The number of nitrogens with one attached hydrogen (secondary N) is 2. The van der Waals surface area contributed by atoms with E-state index in [-0.39, 0.29) is 12.0 Å². The van der Waals surface area contributed by atoms with E-state index in [9.17, 15) is 9.59 Å². The summed E-state index contributed by atoms with van der Waals surface area (Å²) in [5.41, 5.74) is 8.04. The normalized spacial score (nSPS) is 15.7. The van der Waals surface area contributed by atoms with Gasteiger partial charge in [-0.1, -0.05) is 36.4 Å². The average molecular weight is 588 g/mol. The molecule has 1 atom stereocenters. The van der Waals surface area contributed by atoms with Gasteiger partial charge < -0.3 is 20.5 Å². The summed E-state index contributed by atoms with van der Waals surface area (Å²) in [5, 5.41) is 21.9. The Hall–Kier alpha value is -5.57. The monoisotopic (exact) mass is 587 g/mol. The Balaban J connectivity index is 0.000000249. The minimum Gasteiger partial charge on any atom is -0.481 e. The van der Waals surface area contributed by atoms with Crippen LogP contribution in [0.25, 0.3) is 44.7 Å². The van der Waals surface area contributed by atoms with Gasteiger partial charge in [0.15, 0.2) is 0 Å². The van der Waals surface area contributed by atoms with Crippen LogP contribution < -0.4 is 5.32 Å². The topological polar surface area (TPSA) is 141 Å². The van der Waals surface area contributed by atoms with E-state index in [1.807, 2.05) is 43.7 Å². The van der Waals surface area contributed by atoms with Crippen LogP contribution in [0.3, 0.4) is 0 Å². The third kappa shape index (κ3) is 6.57. The van der Waals surface area contributed by atoms with E-state index >= 15 is 0 Å². The van der Waals surface area contributed by atoms with E-state index in [1.54, 1.807) is 0 Å². The molecule has 1 aliphatic carbocycles. The summed E-state index contributed by atoms with van der Waals surface area (Å²) < 4.78 is 0. The van der Waals surface area contributed by atoms with Crippen molar-refractivity contribution in [3.8, 4) is 33.6 Å². The van der Waals surface area contributed by atoms with E-state index < -0.39 is 17.4 Å². The third-order valence-electron chi connectivity index (χ3n) is 7.41. The van der Waals surface area contributed by atoms with Crippen LogP contribution in [0.2, 0.25) is 0 Å². The van der Waals surface area contributed by atoms with Crippen molar-refractivity contribution in [1.29, 1.82) is 0 Å². The Morgan fingerprint density at radius 3 is 2.43 bits per heavy atom. The number of carboxylic acid groups (broad SMARTS) is 2. The highest BCUT2D eigenvalue weighted by Crippen LogP contribution is 2.34. The van der Waals surface area contributed by atoms with Crippen molar-refractivity contribution in [2.24, 2.45) is 5.41 Å². The quantitative estimate of drug-likeness (QED) is 0.157. The van der Waals surface area contributed by atoms with E-state index in [1.165, 1.54) is 25.2 Å². The standard InChI is InChI=1S/C26H23N5.C9H10O4/c1-3-28-21-9-7-18(8-10-21)19-13-20(16-27-15-19)23-14-25(24-6-4-5-17(2)30-24)31-26-22(23)11-12-29-26;1-9(8(12)13)4-2-3-6(5-9)7(10)11/h4-16,28H,3H2,1-2H3,(H,29,31);2-4H,5H2,1H3,(H,10,11)(H,12,13). The lowest BCUT2D eigenvalue weighted by atomic mass is 9.80. The number of nitrogens with zero attached hydrogens (tertiary/aromatic N) is 3. The molecule has 0 radical (unpaired) electrons. The first-order valence-corrected chi connectivity index (χ1v) is 14.2. The number of H-pyrrole nitrogens is 1. The summed E-state index contributed by atoms with van der Waals surface area (Å²) in [5.74, 6) is -2.06. The van der Waals surface area contributed by atoms with Crippen molar-refractivity contribution in [1.82, 2.24) is 19.9 Å². The van der Waals surface area contributed by atoms with E-state index in [4.69, 9.17) is 15.2 Å². The molecule has 0 fully saturated rings. The van der Waals surface area contributed by atoms with Gasteiger partial charge in [0.25, 0.3) is 0 Å². The molecular weight excluding hydrogens is 554 g/mol. The maximum atomic E-state index is 10.8. The summed E-state index contributed by atoms with van der Waals surface area (Å²) in [6.07, 6.45) is 10.2. The number of carbonyl (C=O) groups is 2. The van der Waals surface area contributed by atoms with Gasteiger partial charge in [0.05, 0.1) is 16.8 Å². The molecule has 0 saturated heterocycles. The first-order valence-electron chi connectivity index (χ1n) is 14.2. The third-order valence-corrected chi connectivity index (χ3v) is 7.41. The van der Waals surface area contributed by atoms with Gasteiger partial charge in [-0.25, -0.2) is 9.78 Å². The zero-order valence-electron chi connectivity index (χ0n) is 24.7. The average Bonchev–Trinajstić information content (AvgIpc) is 3.50. The zero-order chi connectivity index (χ0) is 31.3. The number of benzene rings is 1. The van der Waals surface area contributed by atoms with Crippen molar-refractivity contribution in [3.05, 3.63) is 109 Å². The van der Waals surface area contributed by atoms with Gasteiger partial charge in [0.2, 0.25) is 0 Å². The van der Waals surface area contributed by atoms with Gasteiger partial charge >= 0.3 is 11.9 Å². The highest BCUT2D eigenvalue weighted by atomic mass is 16.4. The van der Waals surface area contributed by atoms with Gasteiger partial charge in [-0.15, -0.1) is 0 Å². The Labute approximate surface area is 255 Å². The minimum atomic E-state index is -1.08. The number of aromatic amines is 1. The van der Waals surface area contributed by atoms with Gasteiger partial charge in [-0.3, -0.25) is 14.8 Å². The molecule has 0 aliphatic heterocycles. The van der Waals surface area contributed by atoms with Gasteiger partial charge in [0.1, 0.15) is 5.65 Å². The molecule has 1 aromatic carbocycles. The smallest absolute Gasteiger partial charge is 0.331 e. The SMILES string of the molecule is CC1(C(=O)O)C=CC=C(C(=O)O)C1.CCNc1ccc(-c2cncc(-c3cc(-c4cccc(C)n4)nc4[nH]ccc34)c2)cc1. The highest BCUT2D eigenvalue weighted by molar-refractivity contribution is 5.95. The number of hydrogen-bond acceptors (Lipinski definition) is 6. The number of rotatable bonds is 7. The Morgan fingerprint density at radius 2 is 1.73 bits per heavy atom. The molecule has 0 bridgehead atoms. The summed E-state index contributed by atoms with van der Waals surface area (Å²) in [7, 11) is 0. The van der Waals surface area contributed by atoms with Crippen LogP contribution in [-0.2, 0) is 9.59 Å². The number of allylic oxidation sites excluding steroid dienone is 2. The zero-order valence-corrected chi connectivity index (χ0v) is 24.7. The molecule has 4 aromatic heterocycles. The lowest BCUT2D eigenvalue weighted by Gasteiger charge is -2.23. The fraction of sp³-hybridized carbons (Fsp3) is 0.171. The molecule has 222 valence electrons. The van der Waals surface area contributed by atoms with Crippen molar-refractivity contribution in [3.63, 3.8) is 0 Å². The number of pyridine rings is 3. The molecule has 44 heavy (non-hydrogen) atoms. The first-order chi connectivity index (χ1) is 21.2. The van der Waals surface area contributed by atoms with Crippen LogP contribution in [0.1, 0.15) is 26.0 Å². The second kappa shape index (κ2) is 12.7. The molecule has 0 saturated carbocycles. The molecule has 1 aliphatic rings. The molecule has 4 N–H and O–H groups in total. The van der Waals surface area contributed by atoms with Crippen LogP contribution in [0, 0.1) is 12.3 Å². The van der Waals surface area contributed by atoms with Crippen molar-refractivity contribution in [2.45, 2.75) is 27.2 Å². The molecule has 0 spiro atoms.